The maximum atomic E-state index is 13.6. The van der Waals surface area contributed by atoms with Crippen molar-refractivity contribution in [3.63, 3.8) is 0 Å². The van der Waals surface area contributed by atoms with E-state index in [1.165, 1.54) is 6.07 Å². The number of fused-ring (bicyclic) bond motifs is 1. The summed E-state index contributed by atoms with van der Waals surface area (Å²) in [5.74, 6) is 0.943. The first kappa shape index (κ1) is 8.71. The Morgan fingerprint density at radius 1 is 1.40 bits per heavy atom. The Morgan fingerprint density at radius 2 is 2.27 bits per heavy atom. The van der Waals surface area contributed by atoms with Crippen molar-refractivity contribution in [2.24, 2.45) is 5.10 Å². The van der Waals surface area contributed by atoms with Gasteiger partial charge in [0.1, 0.15) is 18.3 Å². The average Bonchev–Trinajstić information content (AvgIpc) is 2.80. The number of amidine groups is 1. The van der Waals surface area contributed by atoms with Gasteiger partial charge in [0.05, 0.1) is 6.04 Å². The van der Waals surface area contributed by atoms with Crippen LogP contribution in [0.3, 0.4) is 0 Å². The average molecular weight is 205 g/mol. The van der Waals surface area contributed by atoms with Crippen LogP contribution in [0.5, 0.6) is 0 Å². The summed E-state index contributed by atoms with van der Waals surface area (Å²) in [5.41, 5.74) is 3.72. The van der Waals surface area contributed by atoms with Crippen LogP contribution in [0, 0.1) is 5.82 Å². The van der Waals surface area contributed by atoms with Crippen molar-refractivity contribution in [1.82, 2.24) is 10.3 Å². The van der Waals surface area contributed by atoms with Crippen molar-refractivity contribution in [2.75, 3.05) is 6.67 Å². The summed E-state index contributed by atoms with van der Waals surface area (Å²) in [6, 6.07) is 7.15. The van der Waals surface area contributed by atoms with Gasteiger partial charge in [-0.05, 0) is 12.5 Å². The van der Waals surface area contributed by atoms with Crippen LogP contribution in [-0.2, 0) is 0 Å². The van der Waals surface area contributed by atoms with Gasteiger partial charge in [0.15, 0.2) is 0 Å². The van der Waals surface area contributed by atoms with Crippen molar-refractivity contribution >= 4 is 5.84 Å². The molecule has 0 aromatic heterocycles. The van der Waals surface area contributed by atoms with Gasteiger partial charge in [-0.3, -0.25) is 5.43 Å². The van der Waals surface area contributed by atoms with E-state index in [2.05, 4.69) is 15.4 Å². The van der Waals surface area contributed by atoms with Crippen LogP contribution < -0.4 is 5.43 Å². The van der Waals surface area contributed by atoms with Gasteiger partial charge < -0.3 is 4.90 Å². The summed E-state index contributed by atoms with van der Waals surface area (Å²) in [4.78, 5) is 2.14. The summed E-state index contributed by atoms with van der Waals surface area (Å²) in [6.07, 6.45) is 1.90. The molecule has 1 aromatic rings. The monoisotopic (exact) mass is 205 g/mol. The molecule has 0 aliphatic carbocycles. The molecule has 0 bridgehead atoms. The molecule has 0 amide bonds. The van der Waals surface area contributed by atoms with Gasteiger partial charge in [-0.15, -0.1) is 0 Å². The first-order valence-electron chi connectivity index (χ1n) is 5.17. The molecule has 3 rings (SSSR count). The molecule has 0 radical (unpaired) electrons. The van der Waals surface area contributed by atoms with Crippen LogP contribution in [0.2, 0.25) is 0 Å². The Balaban J connectivity index is 1.96. The third kappa shape index (κ3) is 1.28. The third-order valence-corrected chi connectivity index (χ3v) is 3.06. The van der Waals surface area contributed by atoms with E-state index in [1.54, 1.807) is 6.07 Å². The minimum atomic E-state index is -0.115. The highest BCUT2D eigenvalue weighted by Crippen LogP contribution is 2.35. The first-order chi connectivity index (χ1) is 7.36. The molecule has 1 unspecified atom stereocenters. The van der Waals surface area contributed by atoms with Gasteiger partial charge in [0, 0.05) is 12.0 Å². The van der Waals surface area contributed by atoms with E-state index in [4.69, 9.17) is 0 Å². The van der Waals surface area contributed by atoms with Gasteiger partial charge >= 0.3 is 0 Å². The molecular formula is C11H12FN3. The van der Waals surface area contributed by atoms with E-state index in [1.807, 2.05) is 12.1 Å². The standard InChI is InChI=1S/C11H12FN3/c12-9-4-2-1-3-8(9)10-5-6-11-14-13-7-15(10)11/h1-4,10,13H,5-7H2. The summed E-state index contributed by atoms with van der Waals surface area (Å²) in [6.45, 7) is 0.703. The molecule has 4 heteroatoms. The molecule has 78 valence electrons. The van der Waals surface area contributed by atoms with Gasteiger partial charge in [0.2, 0.25) is 0 Å². The Bertz CT molecular complexity index is 416. The fourth-order valence-corrected chi connectivity index (χ4v) is 2.34. The number of hydrogen-bond donors (Lipinski definition) is 1. The van der Waals surface area contributed by atoms with E-state index in [0.717, 1.165) is 24.2 Å². The fourth-order valence-electron chi connectivity index (χ4n) is 2.34. The van der Waals surface area contributed by atoms with Crippen molar-refractivity contribution in [2.45, 2.75) is 18.9 Å². The predicted molar refractivity (Wildman–Crippen MR) is 55.7 cm³/mol. The molecule has 1 aromatic carbocycles. The van der Waals surface area contributed by atoms with Crippen LogP contribution >= 0.6 is 0 Å². The highest BCUT2D eigenvalue weighted by atomic mass is 19.1. The SMILES string of the molecule is Fc1ccccc1C1CCC2=NNCN21. The molecule has 1 atom stereocenters. The topological polar surface area (TPSA) is 27.6 Å². The van der Waals surface area contributed by atoms with Crippen LogP contribution in [0.15, 0.2) is 29.4 Å². The summed E-state index contributed by atoms with van der Waals surface area (Å²) < 4.78 is 13.6. The zero-order chi connectivity index (χ0) is 10.3. The van der Waals surface area contributed by atoms with Crippen molar-refractivity contribution in [1.29, 1.82) is 0 Å². The van der Waals surface area contributed by atoms with Gasteiger partial charge in [-0.1, -0.05) is 18.2 Å². The second kappa shape index (κ2) is 3.22. The van der Waals surface area contributed by atoms with Crippen LogP contribution in [-0.4, -0.2) is 17.4 Å². The maximum absolute atomic E-state index is 13.6. The molecular weight excluding hydrogens is 193 g/mol. The quantitative estimate of drug-likeness (QED) is 0.757. The van der Waals surface area contributed by atoms with E-state index >= 15 is 0 Å². The smallest absolute Gasteiger partial charge is 0.128 e. The number of halogens is 1. The minimum absolute atomic E-state index is 0.115. The lowest BCUT2D eigenvalue weighted by Crippen LogP contribution is -2.27. The van der Waals surface area contributed by atoms with Gasteiger partial charge in [-0.2, -0.15) is 5.10 Å². The Morgan fingerprint density at radius 3 is 3.13 bits per heavy atom. The van der Waals surface area contributed by atoms with Gasteiger partial charge in [-0.25, -0.2) is 4.39 Å². The highest BCUT2D eigenvalue weighted by molar-refractivity contribution is 5.85. The number of nitrogens with one attached hydrogen (secondary N) is 1. The Labute approximate surface area is 87.6 Å². The van der Waals surface area contributed by atoms with E-state index in [-0.39, 0.29) is 11.9 Å². The molecule has 1 N–H and O–H groups in total. The molecule has 2 aliphatic heterocycles. The van der Waals surface area contributed by atoms with Crippen LogP contribution in [0.25, 0.3) is 0 Å². The van der Waals surface area contributed by atoms with E-state index in [9.17, 15) is 4.39 Å². The molecule has 1 fully saturated rings. The molecule has 0 spiro atoms. The maximum Gasteiger partial charge on any atom is 0.128 e. The molecule has 2 heterocycles. The third-order valence-electron chi connectivity index (χ3n) is 3.06. The molecule has 3 nitrogen and oxygen atoms in total. The van der Waals surface area contributed by atoms with Crippen molar-refractivity contribution < 1.29 is 4.39 Å². The Hall–Kier alpha value is -1.58. The van der Waals surface area contributed by atoms with Crippen molar-refractivity contribution in [3.05, 3.63) is 35.6 Å². The second-order valence-corrected chi connectivity index (χ2v) is 3.89. The van der Waals surface area contributed by atoms with E-state index < -0.39 is 0 Å². The predicted octanol–water partition coefficient (Wildman–Crippen LogP) is 1.84. The summed E-state index contributed by atoms with van der Waals surface area (Å²) >= 11 is 0. The molecule has 1 saturated heterocycles. The zero-order valence-electron chi connectivity index (χ0n) is 8.28. The lowest BCUT2D eigenvalue weighted by molar-refractivity contribution is 0.336. The van der Waals surface area contributed by atoms with Crippen molar-refractivity contribution in [3.8, 4) is 0 Å². The summed E-state index contributed by atoms with van der Waals surface area (Å²) in [5, 5.41) is 4.17. The number of nitrogens with zero attached hydrogens (tertiary/aromatic N) is 2. The molecule has 15 heavy (non-hydrogen) atoms. The van der Waals surface area contributed by atoms with Crippen LogP contribution in [0.4, 0.5) is 4.39 Å². The normalized spacial score (nSPS) is 23.7. The number of hydrogen-bond acceptors (Lipinski definition) is 3. The molecule has 0 saturated carbocycles. The number of rotatable bonds is 1. The number of hydrazone groups is 1. The lowest BCUT2D eigenvalue weighted by atomic mass is 10.0. The fraction of sp³-hybridized carbons (Fsp3) is 0.364. The lowest BCUT2D eigenvalue weighted by Gasteiger charge is -2.22. The molecule has 2 aliphatic rings. The van der Waals surface area contributed by atoms with Crippen LogP contribution in [0.1, 0.15) is 24.4 Å². The zero-order valence-corrected chi connectivity index (χ0v) is 8.28. The largest absolute Gasteiger partial charge is 0.332 e. The highest BCUT2D eigenvalue weighted by Gasteiger charge is 2.34. The Kier molecular flexibility index (Phi) is 1.87. The minimum Gasteiger partial charge on any atom is -0.332 e. The summed E-state index contributed by atoms with van der Waals surface area (Å²) in [7, 11) is 0. The first-order valence-corrected chi connectivity index (χ1v) is 5.17. The van der Waals surface area contributed by atoms with Gasteiger partial charge in [0.25, 0.3) is 0 Å². The van der Waals surface area contributed by atoms with E-state index in [0.29, 0.717) is 6.67 Å². The number of benzene rings is 1. The second-order valence-electron chi connectivity index (χ2n) is 3.89.